The summed E-state index contributed by atoms with van der Waals surface area (Å²) in [5.74, 6) is 0. The molecule has 0 N–H and O–H groups in total. The van der Waals surface area contributed by atoms with E-state index in [4.69, 9.17) is 0 Å². The van der Waals surface area contributed by atoms with Crippen LogP contribution in [-0.4, -0.2) is 14.9 Å². The first-order chi connectivity index (χ1) is 11.7. The van der Waals surface area contributed by atoms with Gasteiger partial charge in [0.05, 0.1) is 15.8 Å². The lowest BCUT2D eigenvalue weighted by atomic mass is 10.1. The van der Waals surface area contributed by atoms with Crippen molar-refractivity contribution in [3.05, 3.63) is 87.8 Å². The number of fused-ring (bicyclic) bond motifs is 2. The summed E-state index contributed by atoms with van der Waals surface area (Å²) in [7, 11) is 0. The second-order valence-electron chi connectivity index (χ2n) is 4.95. The molecule has 0 bridgehead atoms. The standard InChI is InChI=1S/C9H5BrN2O2.C9H7N/c10-8-3-1-2-6-7(8)4-11-5-9(6)12(13)14;1-2-6-9-8(4-1)5-3-7-10-9/h1-5H;1-7H. The average molecular weight is 382 g/mol. The minimum atomic E-state index is -0.429. The van der Waals surface area contributed by atoms with Crippen LogP contribution in [0.3, 0.4) is 0 Å². The van der Waals surface area contributed by atoms with Gasteiger partial charge in [-0.2, -0.15) is 0 Å². The summed E-state index contributed by atoms with van der Waals surface area (Å²) in [5.41, 5.74) is 1.09. The lowest BCUT2D eigenvalue weighted by Crippen LogP contribution is -1.90. The zero-order valence-corrected chi connectivity index (χ0v) is 14.1. The van der Waals surface area contributed by atoms with Crippen LogP contribution >= 0.6 is 15.9 Å². The van der Waals surface area contributed by atoms with Crippen LogP contribution in [0, 0.1) is 10.1 Å². The Bertz CT molecular complexity index is 956. The molecule has 2 aromatic carbocycles. The maximum Gasteiger partial charge on any atom is 0.295 e. The number of hydrogen-bond acceptors (Lipinski definition) is 4. The van der Waals surface area contributed by atoms with Crippen LogP contribution in [0.25, 0.3) is 21.7 Å². The number of halogens is 1. The minimum Gasteiger partial charge on any atom is -0.258 e. The van der Waals surface area contributed by atoms with Crippen LogP contribution in [0.1, 0.15) is 0 Å². The van der Waals surface area contributed by atoms with Crippen LogP contribution in [0.4, 0.5) is 5.69 Å². The normalized spacial score (nSPS) is 10.2. The SMILES string of the molecule is O=[N+]([O-])c1cncc2c(Br)cccc12.c1ccc2ncccc2c1. The van der Waals surface area contributed by atoms with Crippen molar-refractivity contribution >= 4 is 43.3 Å². The molecule has 0 saturated heterocycles. The van der Waals surface area contributed by atoms with E-state index in [9.17, 15) is 10.1 Å². The number of benzene rings is 2. The number of hydrogen-bond donors (Lipinski definition) is 0. The second kappa shape index (κ2) is 7.14. The molecule has 6 heteroatoms. The molecule has 118 valence electrons. The lowest BCUT2D eigenvalue weighted by molar-refractivity contribution is -0.383. The highest BCUT2D eigenvalue weighted by Crippen LogP contribution is 2.29. The quantitative estimate of drug-likeness (QED) is 0.338. The van der Waals surface area contributed by atoms with Gasteiger partial charge in [-0.25, -0.2) is 0 Å². The average Bonchev–Trinajstić information content (AvgIpc) is 2.62. The smallest absolute Gasteiger partial charge is 0.258 e. The monoisotopic (exact) mass is 381 g/mol. The first kappa shape index (κ1) is 16.0. The third kappa shape index (κ3) is 3.38. The third-order valence-electron chi connectivity index (χ3n) is 3.44. The van der Waals surface area contributed by atoms with Crippen molar-refractivity contribution in [1.29, 1.82) is 0 Å². The summed E-state index contributed by atoms with van der Waals surface area (Å²) in [6.45, 7) is 0. The first-order valence-corrected chi connectivity index (χ1v) is 7.92. The van der Waals surface area contributed by atoms with E-state index >= 15 is 0 Å². The minimum absolute atomic E-state index is 0.0313. The molecule has 0 fully saturated rings. The largest absolute Gasteiger partial charge is 0.295 e. The van der Waals surface area contributed by atoms with Crippen molar-refractivity contribution in [2.24, 2.45) is 0 Å². The molecule has 2 heterocycles. The van der Waals surface area contributed by atoms with Gasteiger partial charge in [0, 0.05) is 27.6 Å². The molecule has 24 heavy (non-hydrogen) atoms. The fourth-order valence-corrected chi connectivity index (χ4v) is 2.77. The molecular weight excluding hydrogens is 370 g/mol. The van der Waals surface area contributed by atoms with Gasteiger partial charge in [0.15, 0.2) is 0 Å². The molecular formula is C18H12BrN3O2. The van der Waals surface area contributed by atoms with Crippen LogP contribution in [0.5, 0.6) is 0 Å². The molecule has 0 atom stereocenters. The molecule has 5 nitrogen and oxygen atoms in total. The van der Waals surface area contributed by atoms with Crippen molar-refractivity contribution in [3.8, 4) is 0 Å². The Morgan fingerprint density at radius 1 is 0.917 bits per heavy atom. The van der Waals surface area contributed by atoms with E-state index in [0.717, 1.165) is 15.4 Å². The van der Waals surface area contributed by atoms with Crippen molar-refractivity contribution in [2.75, 3.05) is 0 Å². The fraction of sp³-hybridized carbons (Fsp3) is 0. The summed E-state index contributed by atoms with van der Waals surface area (Å²) in [6.07, 6.45) is 4.67. The van der Waals surface area contributed by atoms with Gasteiger partial charge in [-0.05, 0) is 24.3 Å². The Morgan fingerprint density at radius 3 is 2.50 bits per heavy atom. The highest BCUT2D eigenvalue weighted by Gasteiger charge is 2.12. The van der Waals surface area contributed by atoms with Gasteiger partial charge in [-0.1, -0.05) is 46.3 Å². The number of nitro groups is 1. The van der Waals surface area contributed by atoms with Gasteiger partial charge in [-0.3, -0.25) is 20.1 Å². The Labute approximate surface area is 146 Å². The predicted octanol–water partition coefficient (Wildman–Crippen LogP) is 5.14. The Morgan fingerprint density at radius 2 is 1.71 bits per heavy atom. The Hall–Kier alpha value is -2.86. The molecule has 2 aromatic heterocycles. The molecule has 0 saturated carbocycles. The summed E-state index contributed by atoms with van der Waals surface area (Å²) in [5, 5.41) is 13.2. The van der Waals surface area contributed by atoms with E-state index in [0.29, 0.717) is 5.39 Å². The molecule has 0 unspecified atom stereocenters. The maximum absolute atomic E-state index is 10.7. The van der Waals surface area contributed by atoms with Gasteiger partial charge in [0.1, 0.15) is 6.20 Å². The molecule has 0 aliphatic carbocycles. The van der Waals surface area contributed by atoms with Gasteiger partial charge in [0.2, 0.25) is 0 Å². The zero-order chi connectivity index (χ0) is 16.9. The van der Waals surface area contributed by atoms with Crippen LogP contribution in [0.15, 0.2) is 77.7 Å². The summed E-state index contributed by atoms with van der Waals surface area (Å²) in [4.78, 5) is 18.3. The van der Waals surface area contributed by atoms with Gasteiger partial charge < -0.3 is 0 Å². The number of rotatable bonds is 1. The van der Waals surface area contributed by atoms with Gasteiger partial charge in [-0.15, -0.1) is 0 Å². The number of para-hydroxylation sites is 1. The lowest BCUT2D eigenvalue weighted by Gasteiger charge is -1.99. The summed E-state index contributed by atoms with van der Waals surface area (Å²) < 4.78 is 0.811. The first-order valence-electron chi connectivity index (χ1n) is 7.13. The highest BCUT2D eigenvalue weighted by atomic mass is 79.9. The number of pyridine rings is 2. The fourth-order valence-electron chi connectivity index (χ4n) is 2.31. The van der Waals surface area contributed by atoms with Crippen molar-refractivity contribution in [2.45, 2.75) is 0 Å². The zero-order valence-electron chi connectivity index (χ0n) is 12.5. The van der Waals surface area contributed by atoms with Crippen LogP contribution in [0.2, 0.25) is 0 Å². The van der Waals surface area contributed by atoms with E-state index in [1.807, 2.05) is 36.5 Å². The van der Waals surface area contributed by atoms with E-state index in [-0.39, 0.29) is 5.69 Å². The van der Waals surface area contributed by atoms with E-state index < -0.39 is 4.92 Å². The van der Waals surface area contributed by atoms with Gasteiger partial charge in [0.25, 0.3) is 5.69 Å². The van der Waals surface area contributed by atoms with E-state index in [2.05, 4.69) is 38.0 Å². The van der Waals surface area contributed by atoms with E-state index in [1.54, 1.807) is 18.3 Å². The molecule has 4 aromatic rings. The van der Waals surface area contributed by atoms with Crippen molar-refractivity contribution < 1.29 is 4.92 Å². The number of aromatic nitrogens is 2. The molecule has 0 radical (unpaired) electrons. The second-order valence-corrected chi connectivity index (χ2v) is 5.80. The van der Waals surface area contributed by atoms with Crippen LogP contribution < -0.4 is 0 Å². The summed E-state index contributed by atoms with van der Waals surface area (Å²) >= 11 is 3.32. The van der Waals surface area contributed by atoms with Crippen LogP contribution in [-0.2, 0) is 0 Å². The molecule has 0 amide bonds. The highest BCUT2D eigenvalue weighted by molar-refractivity contribution is 9.10. The topological polar surface area (TPSA) is 68.9 Å². The Kier molecular flexibility index (Phi) is 4.77. The van der Waals surface area contributed by atoms with Gasteiger partial charge >= 0.3 is 0 Å². The maximum atomic E-state index is 10.7. The number of nitrogens with zero attached hydrogens (tertiary/aromatic N) is 3. The third-order valence-corrected chi connectivity index (χ3v) is 4.13. The predicted molar refractivity (Wildman–Crippen MR) is 97.8 cm³/mol. The molecule has 0 aliphatic heterocycles. The van der Waals surface area contributed by atoms with Crippen molar-refractivity contribution in [3.63, 3.8) is 0 Å². The molecule has 4 rings (SSSR count). The van der Waals surface area contributed by atoms with Crippen molar-refractivity contribution in [1.82, 2.24) is 9.97 Å². The Balaban J connectivity index is 0.000000149. The molecule has 0 spiro atoms. The summed E-state index contributed by atoms with van der Waals surface area (Å²) in [6, 6.07) is 17.4. The molecule has 0 aliphatic rings. The van der Waals surface area contributed by atoms with E-state index in [1.165, 1.54) is 11.6 Å².